The minimum absolute atomic E-state index is 0.379. The van der Waals surface area contributed by atoms with E-state index in [4.69, 9.17) is 5.73 Å². The van der Waals surface area contributed by atoms with E-state index in [2.05, 4.69) is 23.6 Å². The quantitative estimate of drug-likeness (QED) is 0.822. The maximum absolute atomic E-state index is 6.53. The second-order valence-electron chi connectivity index (χ2n) is 6.56. The Labute approximate surface area is 112 Å². The molecule has 3 nitrogen and oxygen atoms in total. The molecule has 3 heteroatoms. The second-order valence-corrected chi connectivity index (χ2v) is 6.56. The van der Waals surface area contributed by atoms with Crippen LogP contribution in [0.25, 0.3) is 0 Å². The fourth-order valence-electron chi connectivity index (χ4n) is 4.90. The molecule has 4 aliphatic heterocycles. The van der Waals surface area contributed by atoms with Crippen LogP contribution in [0.1, 0.15) is 39.5 Å². The first-order valence-corrected chi connectivity index (χ1v) is 8.00. The lowest BCUT2D eigenvalue weighted by Gasteiger charge is -2.50. The average Bonchev–Trinajstić information content (AvgIpc) is 2.81. The van der Waals surface area contributed by atoms with Gasteiger partial charge in [-0.2, -0.15) is 0 Å². The summed E-state index contributed by atoms with van der Waals surface area (Å²) in [5, 5.41) is 0. The summed E-state index contributed by atoms with van der Waals surface area (Å²) >= 11 is 0. The first-order chi connectivity index (χ1) is 8.76. The summed E-state index contributed by atoms with van der Waals surface area (Å²) in [5.74, 6) is 1.91. The Balaban J connectivity index is 1.82. The fourth-order valence-corrected chi connectivity index (χ4v) is 4.90. The van der Waals surface area contributed by atoms with E-state index < -0.39 is 0 Å². The van der Waals surface area contributed by atoms with E-state index in [1.54, 1.807) is 0 Å². The van der Waals surface area contributed by atoms with Gasteiger partial charge in [0.1, 0.15) is 0 Å². The predicted octanol–water partition coefficient (Wildman–Crippen LogP) is 1.53. The lowest BCUT2D eigenvalue weighted by atomic mass is 9.73. The van der Waals surface area contributed by atoms with Crippen molar-refractivity contribution in [3.05, 3.63) is 0 Å². The van der Waals surface area contributed by atoms with Crippen LogP contribution in [-0.4, -0.2) is 54.1 Å². The van der Waals surface area contributed by atoms with Crippen LogP contribution in [0.5, 0.6) is 0 Å². The minimum Gasteiger partial charge on any atom is -0.326 e. The lowest BCUT2D eigenvalue weighted by molar-refractivity contribution is -0.000672. The molecular formula is C15H29N3. The number of piperidine rings is 3. The van der Waals surface area contributed by atoms with E-state index >= 15 is 0 Å². The number of fused-ring (bicyclic) bond motifs is 2. The van der Waals surface area contributed by atoms with Crippen molar-refractivity contribution in [2.24, 2.45) is 17.6 Å². The molecule has 0 aliphatic carbocycles. The van der Waals surface area contributed by atoms with Crippen LogP contribution < -0.4 is 5.73 Å². The standard InChI is InChI=1S/C15H29N3/c1-3-5-13(16)15-14-12(10-17(15)4-2)11-6-8-18(14)9-7-11/h11-15H,3-10,16H2,1-2H3. The van der Waals surface area contributed by atoms with Crippen molar-refractivity contribution in [1.82, 2.24) is 9.80 Å². The van der Waals surface area contributed by atoms with E-state index in [9.17, 15) is 0 Å². The summed E-state index contributed by atoms with van der Waals surface area (Å²) < 4.78 is 0. The number of nitrogens with two attached hydrogens (primary N) is 1. The smallest absolute Gasteiger partial charge is 0.0406 e. The number of hydrogen-bond acceptors (Lipinski definition) is 3. The highest BCUT2D eigenvalue weighted by Crippen LogP contribution is 2.44. The number of hydrogen-bond donors (Lipinski definition) is 1. The van der Waals surface area contributed by atoms with Crippen LogP contribution in [0.15, 0.2) is 0 Å². The molecule has 0 spiro atoms. The van der Waals surface area contributed by atoms with E-state index in [1.165, 1.54) is 51.9 Å². The molecule has 18 heavy (non-hydrogen) atoms. The molecule has 4 atom stereocenters. The van der Waals surface area contributed by atoms with Crippen LogP contribution in [0.4, 0.5) is 0 Å². The molecule has 4 heterocycles. The molecule has 4 fully saturated rings. The van der Waals surface area contributed by atoms with Crippen LogP contribution in [0.3, 0.4) is 0 Å². The number of nitrogens with zero attached hydrogens (tertiary/aromatic N) is 2. The zero-order valence-corrected chi connectivity index (χ0v) is 12.0. The van der Waals surface area contributed by atoms with Crippen molar-refractivity contribution in [1.29, 1.82) is 0 Å². The van der Waals surface area contributed by atoms with Gasteiger partial charge in [-0.25, -0.2) is 0 Å². The van der Waals surface area contributed by atoms with Gasteiger partial charge < -0.3 is 5.73 Å². The van der Waals surface area contributed by atoms with Gasteiger partial charge in [0.15, 0.2) is 0 Å². The Kier molecular flexibility index (Phi) is 3.65. The van der Waals surface area contributed by atoms with Crippen LogP contribution in [0, 0.1) is 11.8 Å². The van der Waals surface area contributed by atoms with Crippen molar-refractivity contribution in [2.75, 3.05) is 26.2 Å². The van der Waals surface area contributed by atoms with E-state index in [-0.39, 0.29) is 0 Å². The van der Waals surface area contributed by atoms with Gasteiger partial charge in [-0.1, -0.05) is 20.3 Å². The molecule has 0 aromatic heterocycles. The SMILES string of the molecule is CCCC(N)C1C2C(CN1CC)C1CCN2CC1. The maximum Gasteiger partial charge on any atom is 0.0406 e. The summed E-state index contributed by atoms with van der Waals surface area (Å²) in [4.78, 5) is 5.45. The fraction of sp³-hybridized carbons (Fsp3) is 1.00. The molecule has 0 saturated carbocycles. The Bertz CT molecular complexity index is 285. The third kappa shape index (κ3) is 1.91. The van der Waals surface area contributed by atoms with Crippen LogP contribution in [-0.2, 0) is 0 Å². The van der Waals surface area contributed by atoms with Gasteiger partial charge in [0.25, 0.3) is 0 Å². The topological polar surface area (TPSA) is 32.5 Å². The monoisotopic (exact) mass is 251 g/mol. The highest BCUT2D eigenvalue weighted by Gasteiger charge is 2.53. The van der Waals surface area contributed by atoms with Gasteiger partial charge in [0, 0.05) is 24.7 Å². The van der Waals surface area contributed by atoms with Gasteiger partial charge >= 0.3 is 0 Å². The second kappa shape index (κ2) is 5.10. The zero-order chi connectivity index (χ0) is 12.7. The van der Waals surface area contributed by atoms with Crippen molar-refractivity contribution in [2.45, 2.75) is 57.7 Å². The maximum atomic E-state index is 6.53. The van der Waals surface area contributed by atoms with E-state index in [1.807, 2.05) is 0 Å². The van der Waals surface area contributed by atoms with Crippen molar-refractivity contribution < 1.29 is 0 Å². The van der Waals surface area contributed by atoms with Gasteiger partial charge in [-0.3, -0.25) is 9.80 Å². The highest BCUT2D eigenvalue weighted by molar-refractivity contribution is 5.09. The molecule has 4 saturated heterocycles. The molecule has 2 N–H and O–H groups in total. The lowest BCUT2D eigenvalue weighted by Crippen LogP contribution is -2.61. The molecule has 0 radical (unpaired) electrons. The van der Waals surface area contributed by atoms with Gasteiger partial charge in [-0.15, -0.1) is 0 Å². The first-order valence-electron chi connectivity index (χ1n) is 8.00. The van der Waals surface area contributed by atoms with Gasteiger partial charge in [0.05, 0.1) is 0 Å². The molecule has 0 amide bonds. The Morgan fingerprint density at radius 3 is 2.56 bits per heavy atom. The normalized spacial score (nSPS) is 45.2. The van der Waals surface area contributed by atoms with Crippen molar-refractivity contribution in [3.63, 3.8) is 0 Å². The molecule has 0 aromatic carbocycles. The molecule has 2 bridgehead atoms. The minimum atomic E-state index is 0.379. The number of rotatable bonds is 4. The van der Waals surface area contributed by atoms with Gasteiger partial charge in [-0.05, 0) is 50.7 Å². The number of likely N-dealkylation sites (N-methyl/N-ethyl adjacent to an activating group) is 1. The van der Waals surface area contributed by atoms with E-state index in [0.717, 1.165) is 17.9 Å². The summed E-state index contributed by atoms with van der Waals surface area (Å²) in [7, 11) is 0. The van der Waals surface area contributed by atoms with E-state index in [0.29, 0.717) is 12.1 Å². The average molecular weight is 251 g/mol. The Hall–Kier alpha value is -0.120. The summed E-state index contributed by atoms with van der Waals surface area (Å²) in [6, 6.07) is 1.78. The van der Waals surface area contributed by atoms with Crippen LogP contribution in [0.2, 0.25) is 0 Å². The summed E-state index contributed by atoms with van der Waals surface area (Å²) in [5.41, 5.74) is 6.53. The molecule has 4 aliphatic rings. The molecular weight excluding hydrogens is 222 g/mol. The molecule has 4 unspecified atom stereocenters. The summed E-state index contributed by atoms with van der Waals surface area (Å²) in [6.45, 7) is 9.72. The summed E-state index contributed by atoms with van der Waals surface area (Å²) in [6.07, 6.45) is 5.28. The third-order valence-corrected chi connectivity index (χ3v) is 5.72. The van der Waals surface area contributed by atoms with Crippen molar-refractivity contribution >= 4 is 0 Å². The number of likely N-dealkylation sites (tertiary alicyclic amines) is 1. The largest absolute Gasteiger partial charge is 0.326 e. The predicted molar refractivity (Wildman–Crippen MR) is 75.5 cm³/mol. The van der Waals surface area contributed by atoms with Gasteiger partial charge in [0.2, 0.25) is 0 Å². The van der Waals surface area contributed by atoms with Crippen LogP contribution >= 0.6 is 0 Å². The highest BCUT2D eigenvalue weighted by atomic mass is 15.3. The first kappa shape index (κ1) is 12.9. The zero-order valence-electron chi connectivity index (χ0n) is 12.0. The Morgan fingerprint density at radius 2 is 1.94 bits per heavy atom. The molecule has 104 valence electrons. The molecule has 0 aromatic rings. The van der Waals surface area contributed by atoms with Crippen molar-refractivity contribution in [3.8, 4) is 0 Å². The molecule has 4 rings (SSSR count). The third-order valence-electron chi connectivity index (χ3n) is 5.72. The Morgan fingerprint density at radius 1 is 1.22 bits per heavy atom.